The third-order valence-electron chi connectivity index (χ3n) is 3.98. The molecule has 0 radical (unpaired) electrons. The zero-order valence-corrected chi connectivity index (χ0v) is 17.8. The Balaban J connectivity index is 2.33. The van der Waals surface area contributed by atoms with E-state index in [0.717, 1.165) is 15.0 Å². The lowest BCUT2D eigenvalue weighted by molar-refractivity contribution is -0.0866. The lowest BCUT2D eigenvalue weighted by Gasteiger charge is -2.35. The summed E-state index contributed by atoms with van der Waals surface area (Å²) in [6.45, 7) is 10.9. The lowest BCUT2D eigenvalue weighted by atomic mass is 10.0. The second kappa shape index (κ2) is 7.36. The Bertz CT molecular complexity index is 622. The van der Waals surface area contributed by atoms with Gasteiger partial charge < -0.3 is 14.6 Å². The van der Waals surface area contributed by atoms with E-state index in [1.807, 2.05) is 53.7 Å². The number of nitrogens with zero attached hydrogens (tertiary/aromatic N) is 2. The van der Waals surface area contributed by atoms with E-state index < -0.39 is 23.5 Å². The zero-order valence-electron chi connectivity index (χ0n) is 15.7. The third-order valence-corrected chi connectivity index (χ3v) is 4.53. The molecule has 0 aliphatic carbocycles. The number of carbonyl (C=O) groups excluding carboxylic acids is 1. The predicted octanol–water partition coefficient (Wildman–Crippen LogP) is 3.27. The van der Waals surface area contributed by atoms with Crippen LogP contribution in [0, 0.1) is 10.6 Å². The Morgan fingerprint density at radius 3 is 2.60 bits per heavy atom. The van der Waals surface area contributed by atoms with Crippen LogP contribution in [0.15, 0.2) is 12.1 Å². The van der Waals surface area contributed by atoms with Crippen LogP contribution in [0.4, 0.5) is 4.79 Å². The quantitative estimate of drug-likeness (QED) is 0.552. The van der Waals surface area contributed by atoms with Crippen molar-refractivity contribution < 1.29 is 19.4 Å². The van der Waals surface area contributed by atoms with Crippen molar-refractivity contribution in [3.63, 3.8) is 0 Å². The molecule has 2 heterocycles. The van der Waals surface area contributed by atoms with Gasteiger partial charge in [0.15, 0.2) is 0 Å². The molecule has 2 rings (SSSR count). The SMILES string of the molecule is Cc1cc(C[C@H]2[C@@H](CO)OC(C)(C)N2C(=O)OC(C)(C)C)cc(I)n1. The second-order valence-electron chi connectivity index (χ2n) is 7.85. The molecule has 0 spiro atoms. The van der Waals surface area contributed by atoms with Crippen molar-refractivity contribution in [2.45, 2.75) is 71.4 Å². The molecular formula is C18H27IN2O4. The first kappa shape index (κ1) is 20.4. The van der Waals surface area contributed by atoms with Gasteiger partial charge in [-0.15, -0.1) is 0 Å². The molecule has 1 aliphatic rings. The summed E-state index contributed by atoms with van der Waals surface area (Å²) in [4.78, 5) is 18.8. The van der Waals surface area contributed by atoms with Crippen molar-refractivity contribution in [1.29, 1.82) is 0 Å². The van der Waals surface area contributed by atoms with Gasteiger partial charge in [-0.2, -0.15) is 0 Å². The van der Waals surface area contributed by atoms with E-state index in [4.69, 9.17) is 9.47 Å². The van der Waals surface area contributed by atoms with Crippen LogP contribution in [0.2, 0.25) is 0 Å². The van der Waals surface area contributed by atoms with Crippen LogP contribution in [-0.2, 0) is 15.9 Å². The fraction of sp³-hybridized carbons (Fsp3) is 0.667. The van der Waals surface area contributed by atoms with Gasteiger partial charge in [-0.1, -0.05) is 0 Å². The van der Waals surface area contributed by atoms with Crippen molar-refractivity contribution >= 4 is 28.7 Å². The molecule has 1 aliphatic heterocycles. The molecule has 0 unspecified atom stereocenters. The molecule has 1 N–H and O–H groups in total. The summed E-state index contributed by atoms with van der Waals surface area (Å²) >= 11 is 2.18. The van der Waals surface area contributed by atoms with E-state index in [9.17, 15) is 9.90 Å². The van der Waals surface area contributed by atoms with E-state index >= 15 is 0 Å². The fourth-order valence-corrected chi connectivity index (χ4v) is 3.96. The minimum Gasteiger partial charge on any atom is -0.444 e. The Morgan fingerprint density at radius 2 is 2.08 bits per heavy atom. The average Bonchev–Trinajstić information content (AvgIpc) is 2.66. The highest BCUT2D eigenvalue weighted by Crippen LogP contribution is 2.35. The first-order chi connectivity index (χ1) is 11.4. The van der Waals surface area contributed by atoms with Crippen LogP contribution in [0.5, 0.6) is 0 Å². The van der Waals surface area contributed by atoms with Crippen molar-refractivity contribution in [2.24, 2.45) is 0 Å². The molecule has 1 aromatic heterocycles. The number of ether oxygens (including phenoxy) is 2. The minimum atomic E-state index is -0.852. The molecule has 0 aromatic carbocycles. The normalized spacial score (nSPS) is 23.0. The van der Waals surface area contributed by atoms with Gasteiger partial charge in [-0.05, 0) is 88.3 Å². The fourth-order valence-electron chi connectivity index (χ4n) is 3.17. The number of hydrogen-bond donors (Lipinski definition) is 1. The van der Waals surface area contributed by atoms with Gasteiger partial charge in [-0.3, -0.25) is 4.90 Å². The van der Waals surface area contributed by atoms with Gasteiger partial charge >= 0.3 is 6.09 Å². The van der Waals surface area contributed by atoms with E-state index in [0.29, 0.717) is 6.42 Å². The zero-order chi connectivity index (χ0) is 19.0. The van der Waals surface area contributed by atoms with Crippen molar-refractivity contribution in [3.05, 3.63) is 27.1 Å². The molecule has 1 fully saturated rings. The molecule has 7 heteroatoms. The summed E-state index contributed by atoms with van der Waals surface area (Å²) in [5, 5.41) is 9.77. The number of aliphatic hydroxyl groups is 1. The number of rotatable bonds is 3. The minimum absolute atomic E-state index is 0.158. The van der Waals surface area contributed by atoms with Gasteiger partial charge in [0.25, 0.3) is 0 Å². The average molecular weight is 462 g/mol. The number of aromatic nitrogens is 1. The molecule has 2 atom stereocenters. The number of hydrogen-bond acceptors (Lipinski definition) is 5. The molecule has 0 saturated carbocycles. The van der Waals surface area contributed by atoms with Gasteiger partial charge in [0.05, 0.1) is 12.6 Å². The highest BCUT2D eigenvalue weighted by molar-refractivity contribution is 14.1. The van der Waals surface area contributed by atoms with Crippen LogP contribution in [0.3, 0.4) is 0 Å². The largest absolute Gasteiger partial charge is 0.444 e. The molecular weight excluding hydrogens is 435 g/mol. The maximum Gasteiger partial charge on any atom is 0.412 e. The first-order valence-corrected chi connectivity index (χ1v) is 9.45. The van der Waals surface area contributed by atoms with Crippen LogP contribution < -0.4 is 0 Å². The molecule has 140 valence electrons. The maximum atomic E-state index is 12.8. The molecule has 1 saturated heterocycles. The summed E-state index contributed by atoms with van der Waals surface area (Å²) < 4.78 is 12.4. The van der Waals surface area contributed by atoms with Crippen molar-refractivity contribution in [3.8, 4) is 0 Å². The number of pyridine rings is 1. The Labute approximate surface area is 163 Å². The number of halogens is 1. The molecule has 1 aromatic rings. The van der Waals surface area contributed by atoms with Gasteiger partial charge in [0, 0.05) is 5.69 Å². The molecule has 25 heavy (non-hydrogen) atoms. The standard InChI is InChI=1S/C18H27IN2O4/c1-11-7-12(9-15(19)20-11)8-13-14(10-22)24-18(5,6)21(13)16(23)25-17(2,3)4/h7,9,13-14,22H,8,10H2,1-6H3/t13-,14+/m0/s1. The maximum absolute atomic E-state index is 12.8. The Kier molecular flexibility index (Phi) is 6.00. The van der Waals surface area contributed by atoms with Crippen molar-refractivity contribution in [1.82, 2.24) is 9.88 Å². The molecule has 6 nitrogen and oxygen atoms in total. The summed E-state index contributed by atoms with van der Waals surface area (Å²) in [5.74, 6) is 0. The summed E-state index contributed by atoms with van der Waals surface area (Å²) in [6.07, 6.45) is -0.333. The molecule has 1 amide bonds. The van der Waals surface area contributed by atoms with E-state index in [1.165, 1.54) is 0 Å². The van der Waals surface area contributed by atoms with E-state index in [2.05, 4.69) is 27.6 Å². The number of aliphatic hydroxyl groups excluding tert-OH is 1. The second-order valence-corrected chi connectivity index (χ2v) is 8.95. The van der Waals surface area contributed by atoms with E-state index in [1.54, 1.807) is 4.90 Å². The van der Waals surface area contributed by atoms with E-state index in [-0.39, 0.29) is 12.6 Å². The van der Waals surface area contributed by atoms with Crippen LogP contribution in [0.25, 0.3) is 0 Å². The van der Waals surface area contributed by atoms with Crippen LogP contribution >= 0.6 is 22.6 Å². The number of carbonyl (C=O) groups is 1. The summed E-state index contributed by atoms with van der Waals surface area (Å²) in [7, 11) is 0. The Morgan fingerprint density at radius 1 is 1.44 bits per heavy atom. The topological polar surface area (TPSA) is 71.9 Å². The molecule has 0 bridgehead atoms. The van der Waals surface area contributed by atoms with Gasteiger partial charge in [-0.25, -0.2) is 9.78 Å². The number of amides is 1. The summed E-state index contributed by atoms with van der Waals surface area (Å²) in [5.41, 5.74) is 0.521. The lowest BCUT2D eigenvalue weighted by Crippen LogP contribution is -2.51. The highest BCUT2D eigenvalue weighted by Gasteiger charge is 2.50. The summed E-state index contributed by atoms with van der Waals surface area (Å²) in [6, 6.07) is 3.67. The third kappa shape index (κ3) is 5.04. The predicted molar refractivity (Wildman–Crippen MR) is 103 cm³/mol. The first-order valence-electron chi connectivity index (χ1n) is 8.37. The van der Waals surface area contributed by atoms with Crippen molar-refractivity contribution in [2.75, 3.05) is 6.61 Å². The van der Waals surface area contributed by atoms with Gasteiger partial charge in [0.1, 0.15) is 21.1 Å². The van der Waals surface area contributed by atoms with Gasteiger partial charge in [0.2, 0.25) is 0 Å². The van der Waals surface area contributed by atoms with Crippen LogP contribution in [-0.4, -0.2) is 51.2 Å². The Hall–Kier alpha value is -0.930. The number of aryl methyl sites for hydroxylation is 1. The smallest absolute Gasteiger partial charge is 0.412 e. The monoisotopic (exact) mass is 462 g/mol. The van der Waals surface area contributed by atoms with Crippen LogP contribution in [0.1, 0.15) is 45.9 Å². The highest BCUT2D eigenvalue weighted by atomic mass is 127.